The van der Waals surface area contributed by atoms with Crippen LogP contribution in [0, 0.1) is 0 Å². The zero-order valence-corrected chi connectivity index (χ0v) is 17.6. The van der Waals surface area contributed by atoms with Crippen molar-refractivity contribution < 1.29 is 9.53 Å². The molecule has 4 nitrogen and oxygen atoms in total. The molecule has 2 atom stereocenters. The number of carbonyl (C=O) groups is 1. The van der Waals surface area contributed by atoms with Gasteiger partial charge in [0.05, 0.1) is 10.1 Å². The van der Waals surface area contributed by atoms with E-state index in [1.54, 1.807) is 4.57 Å². The molecule has 0 fully saturated rings. The van der Waals surface area contributed by atoms with Crippen molar-refractivity contribution >= 4 is 32.9 Å². The van der Waals surface area contributed by atoms with Gasteiger partial charge in [-0.05, 0) is 74.3 Å². The first kappa shape index (κ1) is 17.8. The summed E-state index contributed by atoms with van der Waals surface area (Å²) in [5.74, 6) is 0.367. The van der Waals surface area contributed by atoms with E-state index in [-0.39, 0.29) is 6.09 Å². The van der Waals surface area contributed by atoms with E-state index < -0.39 is 5.60 Å². The van der Waals surface area contributed by atoms with Crippen LogP contribution in [0.1, 0.15) is 44.7 Å². The molecule has 26 heavy (non-hydrogen) atoms. The van der Waals surface area contributed by atoms with Crippen LogP contribution in [-0.4, -0.2) is 40.8 Å². The molecule has 1 aliphatic heterocycles. The van der Waals surface area contributed by atoms with Crippen LogP contribution in [0.3, 0.4) is 0 Å². The zero-order valence-electron chi connectivity index (χ0n) is 16.0. The summed E-state index contributed by atoms with van der Waals surface area (Å²) < 4.78 is 8.17. The first-order valence-corrected chi connectivity index (χ1v) is 9.89. The van der Waals surface area contributed by atoms with E-state index in [2.05, 4.69) is 53.0 Å². The highest BCUT2D eigenvalue weighted by molar-refractivity contribution is 9.10. The van der Waals surface area contributed by atoms with Crippen molar-refractivity contribution in [3.8, 4) is 0 Å². The predicted molar refractivity (Wildman–Crippen MR) is 108 cm³/mol. The number of nitrogens with zero attached hydrogens (tertiary/aromatic N) is 2. The van der Waals surface area contributed by atoms with Gasteiger partial charge < -0.3 is 4.74 Å². The van der Waals surface area contributed by atoms with Crippen LogP contribution in [-0.2, 0) is 11.2 Å². The molecule has 0 spiro atoms. The highest BCUT2D eigenvalue weighted by Gasteiger charge is 2.38. The van der Waals surface area contributed by atoms with Crippen LogP contribution in [0.2, 0.25) is 0 Å². The number of benzene rings is 1. The molecule has 1 aromatic heterocycles. The van der Waals surface area contributed by atoms with E-state index in [1.807, 2.05) is 26.8 Å². The second-order valence-electron chi connectivity index (χ2n) is 8.55. The summed E-state index contributed by atoms with van der Waals surface area (Å²) in [6.45, 7) is 8.88. The topological polar surface area (TPSA) is 34.5 Å². The Bertz CT molecular complexity index is 936. The van der Waals surface area contributed by atoms with Crippen molar-refractivity contribution in [3.63, 3.8) is 0 Å². The minimum atomic E-state index is -0.529. The molecular formula is C21H25BrN2O2. The number of fused-ring (bicyclic) bond motifs is 2. The van der Waals surface area contributed by atoms with Crippen molar-refractivity contribution in [2.24, 2.45) is 0 Å². The van der Waals surface area contributed by atoms with E-state index in [0.29, 0.717) is 12.0 Å². The van der Waals surface area contributed by atoms with Gasteiger partial charge in [0, 0.05) is 23.9 Å². The number of hydrogen-bond donors (Lipinski definition) is 0. The molecule has 4 rings (SSSR count). The number of likely N-dealkylation sites (N-methyl/N-ethyl adjacent to an activating group) is 1. The summed E-state index contributed by atoms with van der Waals surface area (Å²) in [5, 5.41) is 1.20. The minimum absolute atomic E-state index is 0.331. The lowest BCUT2D eigenvalue weighted by Crippen LogP contribution is -2.43. The molecule has 0 radical (unpaired) electrons. The van der Waals surface area contributed by atoms with E-state index in [0.717, 1.165) is 23.1 Å². The van der Waals surface area contributed by atoms with Crippen LogP contribution < -0.4 is 0 Å². The number of hydrogen-bond acceptors (Lipinski definition) is 3. The normalized spacial score (nSPS) is 22.9. The van der Waals surface area contributed by atoms with Gasteiger partial charge in [0.15, 0.2) is 0 Å². The molecule has 5 heteroatoms. The van der Waals surface area contributed by atoms with Gasteiger partial charge in [-0.2, -0.15) is 0 Å². The van der Waals surface area contributed by atoms with Gasteiger partial charge in [0.25, 0.3) is 0 Å². The monoisotopic (exact) mass is 416 g/mol. The maximum Gasteiger partial charge on any atom is 0.419 e. The van der Waals surface area contributed by atoms with Crippen molar-refractivity contribution in [2.45, 2.75) is 51.7 Å². The second-order valence-corrected chi connectivity index (χ2v) is 9.30. The van der Waals surface area contributed by atoms with Crippen LogP contribution in [0.25, 0.3) is 10.9 Å². The Hall–Kier alpha value is -1.59. The third-order valence-corrected chi connectivity index (χ3v) is 6.19. The van der Waals surface area contributed by atoms with Crippen molar-refractivity contribution in [1.29, 1.82) is 0 Å². The highest BCUT2D eigenvalue weighted by Crippen LogP contribution is 2.45. The lowest BCUT2D eigenvalue weighted by Gasteiger charge is -2.40. The molecule has 0 unspecified atom stereocenters. The first-order chi connectivity index (χ1) is 12.2. The lowest BCUT2D eigenvalue weighted by molar-refractivity contribution is 0.0540. The lowest BCUT2D eigenvalue weighted by atomic mass is 9.77. The fourth-order valence-electron chi connectivity index (χ4n) is 4.41. The van der Waals surface area contributed by atoms with Crippen LogP contribution >= 0.6 is 15.9 Å². The number of aromatic nitrogens is 1. The average Bonchev–Trinajstić information content (AvgIpc) is 2.80. The summed E-state index contributed by atoms with van der Waals surface area (Å²) in [4.78, 5) is 15.3. The number of ether oxygens (including phenoxy) is 1. The molecule has 0 bridgehead atoms. The van der Waals surface area contributed by atoms with E-state index in [1.165, 1.54) is 22.1 Å². The summed E-state index contributed by atoms with van der Waals surface area (Å²) in [6, 6.07) is 6.69. The summed E-state index contributed by atoms with van der Waals surface area (Å²) in [5.41, 5.74) is 4.32. The number of rotatable bonds is 0. The standard InChI is InChI=1S/C21H25BrN2O2/c1-12-9-14-13-7-6-8-16-18(13)15(10-17(14)23(5)11-12)19(22)24(16)20(25)26-21(2,3)4/h6-9,14,17H,10-11H2,1-5H3/t14-,17-/m1/s1. The van der Waals surface area contributed by atoms with Crippen LogP contribution in [0.4, 0.5) is 4.79 Å². The molecule has 0 saturated carbocycles. The van der Waals surface area contributed by atoms with Gasteiger partial charge >= 0.3 is 6.09 Å². The molecular weight excluding hydrogens is 392 g/mol. The predicted octanol–water partition coefficient (Wildman–Crippen LogP) is 5.09. The number of halogens is 1. The third-order valence-electron chi connectivity index (χ3n) is 5.35. The Morgan fingerprint density at radius 2 is 2.04 bits per heavy atom. The summed E-state index contributed by atoms with van der Waals surface area (Å²) >= 11 is 3.71. The molecule has 0 amide bonds. The third kappa shape index (κ3) is 2.72. The molecule has 0 N–H and O–H groups in total. The first-order valence-electron chi connectivity index (χ1n) is 9.10. The van der Waals surface area contributed by atoms with Gasteiger partial charge in [-0.15, -0.1) is 0 Å². The fourth-order valence-corrected chi connectivity index (χ4v) is 5.11. The molecule has 2 aromatic rings. The minimum Gasteiger partial charge on any atom is -0.443 e. The van der Waals surface area contributed by atoms with Crippen LogP contribution in [0.15, 0.2) is 34.5 Å². The maximum absolute atomic E-state index is 12.9. The Balaban J connectivity index is 1.92. The van der Waals surface area contributed by atoms with Gasteiger partial charge in [0.2, 0.25) is 0 Å². The molecule has 1 aromatic carbocycles. The van der Waals surface area contributed by atoms with E-state index in [4.69, 9.17) is 4.74 Å². The zero-order chi connectivity index (χ0) is 18.8. The van der Waals surface area contributed by atoms with Crippen molar-refractivity contribution in [1.82, 2.24) is 9.47 Å². The second kappa shape index (κ2) is 5.96. The number of carbonyl (C=O) groups excluding carboxylic acids is 1. The van der Waals surface area contributed by atoms with Crippen molar-refractivity contribution in [2.75, 3.05) is 13.6 Å². The van der Waals surface area contributed by atoms with Gasteiger partial charge in [-0.1, -0.05) is 23.8 Å². The Morgan fingerprint density at radius 3 is 2.73 bits per heavy atom. The fraction of sp³-hybridized carbons (Fsp3) is 0.476. The molecule has 0 saturated heterocycles. The quantitative estimate of drug-likeness (QED) is 0.561. The highest BCUT2D eigenvalue weighted by atomic mass is 79.9. The molecule has 2 heterocycles. The Labute approximate surface area is 162 Å². The molecule has 2 aliphatic rings. The van der Waals surface area contributed by atoms with Gasteiger partial charge in [0.1, 0.15) is 5.60 Å². The molecule has 138 valence electrons. The smallest absolute Gasteiger partial charge is 0.419 e. The average molecular weight is 417 g/mol. The summed E-state index contributed by atoms with van der Waals surface area (Å²) in [7, 11) is 2.19. The van der Waals surface area contributed by atoms with Gasteiger partial charge in [-0.3, -0.25) is 4.90 Å². The van der Waals surface area contributed by atoms with Crippen molar-refractivity contribution in [3.05, 3.63) is 45.6 Å². The maximum atomic E-state index is 12.9. The molecule has 1 aliphatic carbocycles. The summed E-state index contributed by atoms with van der Waals surface area (Å²) in [6.07, 6.45) is 3.00. The van der Waals surface area contributed by atoms with Crippen LogP contribution in [0.5, 0.6) is 0 Å². The Kier molecular flexibility index (Phi) is 4.08. The van der Waals surface area contributed by atoms with E-state index in [9.17, 15) is 4.79 Å². The van der Waals surface area contributed by atoms with Gasteiger partial charge in [-0.25, -0.2) is 9.36 Å². The van der Waals surface area contributed by atoms with E-state index >= 15 is 0 Å². The largest absolute Gasteiger partial charge is 0.443 e. The Morgan fingerprint density at radius 1 is 1.31 bits per heavy atom. The SMILES string of the molecule is CC1=C[C@@H]2c3cccc4c3c(c(Br)n4C(=O)OC(C)(C)C)C[C@H]2N(C)C1.